The summed E-state index contributed by atoms with van der Waals surface area (Å²) in [5.74, 6) is -0.676. The van der Waals surface area contributed by atoms with Crippen molar-refractivity contribution >= 4 is 27.8 Å². The molecule has 8 heteroatoms. The molecule has 2 aromatic carbocycles. The molecule has 0 spiro atoms. The van der Waals surface area contributed by atoms with Gasteiger partial charge >= 0.3 is 5.97 Å². The fourth-order valence-electron chi connectivity index (χ4n) is 6.32. The van der Waals surface area contributed by atoms with E-state index in [-0.39, 0.29) is 17.7 Å². The fourth-order valence-corrected chi connectivity index (χ4v) is 6.32. The molecule has 1 aliphatic carbocycles. The number of aromatic amines is 1. The zero-order valence-corrected chi connectivity index (χ0v) is 20.3. The van der Waals surface area contributed by atoms with E-state index in [1.165, 1.54) is 30.5 Å². The van der Waals surface area contributed by atoms with Crippen LogP contribution in [0.15, 0.2) is 42.6 Å². The van der Waals surface area contributed by atoms with Gasteiger partial charge < -0.3 is 19.1 Å². The van der Waals surface area contributed by atoms with Crippen LogP contribution in [0.5, 0.6) is 0 Å². The molecule has 36 heavy (non-hydrogen) atoms. The van der Waals surface area contributed by atoms with Crippen molar-refractivity contribution in [2.24, 2.45) is 0 Å². The predicted molar refractivity (Wildman–Crippen MR) is 134 cm³/mol. The molecule has 3 heterocycles. The molecule has 2 fully saturated rings. The maximum Gasteiger partial charge on any atom is 0.335 e. The highest BCUT2D eigenvalue weighted by Gasteiger charge is 2.44. The van der Waals surface area contributed by atoms with Gasteiger partial charge in [0.2, 0.25) is 0 Å². The number of halogens is 1. The molecule has 7 nitrogen and oxygen atoms in total. The highest BCUT2D eigenvalue weighted by atomic mass is 19.1. The molecule has 1 saturated heterocycles. The number of fused-ring (bicyclic) bond motifs is 2. The van der Waals surface area contributed by atoms with Gasteiger partial charge in [0.25, 0.3) is 0 Å². The van der Waals surface area contributed by atoms with Crippen LogP contribution in [0.3, 0.4) is 0 Å². The van der Waals surface area contributed by atoms with Crippen LogP contribution in [-0.4, -0.2) is 51.8 Å². The first-order chi connectivity index (χ1) is 17.5. The molecule has 2 aromatic heterocycles. The van der Waals surface area contributed by atoms with Crippen molar-refractivity contribution in [3.63, 3.8) is 0 Å². The second-order valence-electron chi connectivity index (χ2n) is 10.1. The number of benzene rings is 2. The number of carbonyl (C=O) groups is 1. The normalized spacial score (nSPS) is 23.4. The Hall–Kier alpha value is -3.23. The summed E-state index contributed by atoms with van der Waals surface area (Å²) in [7, 11) is 1.50. The van der Waals surface area contributed by atoms with Crippen molar-refractivity contribution in [3.05, 3.63) is 59.7 Å². The molecule has 0 unspecified atom stereocenters. The van der Waals surface area contributed by atoms with E-state index in [1.807, 2.05) is 18.3 Å². The Morgan fingerprint density at radius 3 is 2.53 bits per heavy atom. The number of rotatable bonds is 5. The van der Waals surface area contributed by atoms with Gasteiger partial charge in [0.05, 0.1) is 17.2 Å². The molecule has 188 valence electrons. The summed E-state index contributed by atoms with van der Waals surface area (Å²) >= 11 is 0. The Morgan fingerprint density at radius 2 is 1.86 bits per heavy atom. The lowest BCUT2D eigenvalue weighted by atomic mass is 9.74. The molecule has 0 radical (unpaired) electrons. The van der Waals surface area contributed by atoms with E-state index in [0.29, 0.717) is 26.1 Å². The quantitative estimate of drug-likeness (QED) is 0.376. The standard InChI is InChI=1S/C28H30FN3O4/c1-35-28(27(33)34)10-6-17(7-11-28)25-22-15-23-19(16-30-31-23)14-24(22)32(21-4-2-20(29)3-5-21)26(25)18-8-12-36-13-9-18/h2-5,14-18H,6-13H2,1H3,(H,30,31)(H,33,34). The Kier molecular flexibility index (Phi) is 5.80. The topological polar surface area (TPSA) is 89.4 Å². The number of H-pyrrole nitrogens is 1. The summed E-state index contributed by atoms with van der Waals surface area (Å²) in [4.78, 5) is 12.0. The van der Waals surface area contributed by atoms with Crippen LogP contribution in [-0.2, 0) is 14.3 Å². The van der Waals surface area contributed by atoms with Crippen molar-refractivity contribution in [2.45, 2.75) is 56.0 Å². The first-order valence-electron chi connectivity index (χ1n) is 12.6. The lowest BCUT2D eigenvalue weighted by Gasteiger charge is -2.36. The SMILES string of the molecule is COC1(C(=O)O)CCC(c2c(C3CCOCC3)n(-c3ccc(F)cc3)c3cc4cn[nH]c4cc23)CC1. The highest BCUT2D eigenvalue weighted by molar-refractivity contribution is 5.99. The van der Waals surface area contributed by atoms with Crippen LogP contribution in [0, 0.1) is 5.82 Å². The van der Waals surface area contributed by atoms with Gasteiger partial charge in [-0.25, -0.2) is 9.18 Å². The molecule has 0 amide bonds. The van der Waals surface area contributed by atoms with Gasteiger partial charge in [-0.05, 0) is 86.4 Å². The van der Waals surface area contributed by atoms with Gasteiger partial charge in [0, 0.05) is 48.4 Å². The van der Waals surface area contributed by atoms with Crippen molar-refractivity contribution in [1.29, 1.82) is 0 Å². The first-order valence-corrected chi connectivity index (χ1v) is 12.6. The van der Waals surface area contributed by atoms with Crippen LogP contribution >= 0.6 is 0 Å². The van der Waals surface area contributed by atoms with Gasteiger partial charge in [-0.15, -0.1) is 0 Å². The number of aliphatic carboxylic acids is 1. The van der Waals surface area contributed by atoms with Crippen molar-refractivity contribution in [2.75, 3.05) is 20.3 Å². The Bertz CT molecular complexity index is 1410. The Morgan fingerprint density at radius 1 is 1.14 bits per heavy atom. The highest BCUT2D eigenvalue weighted by Crippen LogP contribution is 2.48. The molecule has 6 rings (SSSR count). The number of nitrogens with one attached hydrogen (secondary N) is 1. The maximum atomic E-state index is 13.9. The third kappa shape index (κ3) is 3.71. The lowest BCUT2D eigenvalue weighted by Crippen LogP contribution is -2.43. The second kappa shape index (κ2) is 9.01. The Labute approximate surface area is 208 Å². The smallest absolute Gasteiger partial charge is 0.335 e. The zero-order chi connectivity index (χ0) is 24.9. The van der Waals surface area contributed by atoms with Gasteiger partial charge in [-0.1, -0.05) is 0 Å². The number of aromatic nitrogens is 3. The van der Waals surface area contributed by atoms with Crippen LogP contribution in [0.2, 0.25) is 0 Å². The predicted octanol–water partition coefficient (Wildman–Crippen LogP) is 5.67. The van der Waals surface area contributed by atoms with E-state index in [4.69, 9.17) is 9.47 Å². The number of hydrogen-bond donors (Lipinski definition) is 2. The maximum absolute atomic E-state index is 13.9. The summed E-state index contributed by atoms with van der Waals surface area (Å²) in [6, 6.07) is 11.0. The van der Waals surface area contributed by atoms with E-state index in [0.717, 1.165) is 53.2 Å². The van der Waals surface area contributed by atoms with E-state index < -0.39 is 11.6 Å². The number of carboxylic acids is 1. The molecule has 2 aliphatic rings. The molecule has 4 aromatic rings. The minimum atomic E-state index is -1.12. The van der Waals surface area contributed by atoms with E-state index in [1.54, 1.807) is 0 Å². The average Bonchev–Trinajstić information content (AvgIpc) is 3.50. The minimum Gasteiger partial charge on any atom is -0.479 e. The summed E-state index contributed by atoms with van der Waals surface area (Å²) in [5, 5.41) is 19.4. The molecule has 1 saturated carbocycles. The molecular formula is C28H30FN3O4. The molecular weight excluding hydrogens is 461 g/mol. The second-order valence-corrected chi connectivity index (χ2v) is 10.1. The molecule has 2 N–H and O–H groups in total. The van der Waals surface area contributed by atoms with Crippen LogP contribution < -0.4 is 0 Å². The Balaban J connectivity index is 1.58. The molecule has 1 aliphatic heterocycles. The van der Waals surface area contributed by atoms with Crippen LogP contribution in [0.4, 0.5) is 4.39 Å². The third-order valence-electron chi connectivity index (χ3n) is 8.28. The van der Waals surface area contributed by atoms with Crippen molar-refractivity contribution < 1.29 is 23.8 Å². The van der Waals surface area contributed by atoms with Crippen molar-refractivity contribution in [1.82, 2.24) is 14.8 Å². The summed E-state index contributed by atoms with van der Waals surface area (Å²) < 4.78 is 27.4. The largest absolute Gasteiger partial charge is 0.479 e. The third-order valence-corrected chi connectivity index (χ3v) is 8.28. The van der Waals surface area contributed by atoms with E-state index in [9.17, 15) is 14.3 Å². The minimum absolute atomic E-state index is 0.190. The summed E-state index contributed by atoms with van der Waals surface area (Å²) in [6.45, 7) is 1.41. The van der Waals surface area contributed by atoms with Crippen LogP contribution in [0.1, 0.15) is 61.6 Å². The zero-order valence-electron chi connectivity index (χ0n) is 20.3. The van der Waals surface area contributed by atoms with Crippen LogP contribution in [0.25, 0.3) is 27.5 Å². The van der Waals surface area contributed by atoms with E-state index >= 15 is 0 Å². The molecule has 0 bridgehead atoms. The number of methoxy groups -OCH3 is 1. The average molecular weight is 492 g/mol. The number of ether oxygens (including phenoxy) is 2. The summed E-state index contributed by atoms with van der Waals surface area (Å²) in [6.07, 6.45) is 6.02. The first kappa shape index (κ1) is 23.2. The number of nitrogens with zero attached hydrogens (tertiary/aromatic N) is 2. The lowest BCUT2D eigenvalue weighted by molar-refractivity contribution is -0.166. The van der Waals surface area contributed by atoms with E-state index in [2.05, 4.69) is 26.9 Å². The van der Waals surface area contributed by atoms with Gasteiger partial charge in [0.15, 0.2) is 5.60 Å². The van der Waals surface area contributed by atoms with Gasteiger partial charge in [-0.3, -0.25) is 5.10 Å². The van der Waals surface area contributed by atoms with Gasteiger partial charge in [-0.2, -0.15) is 5.10 Å². The van der Waals surface area contributed by atoms with Crippen molar-refractivity contribution in [3.8, 4) is 5.69 Å². The number of carboxylic acid groups (broad SMARTS) is 1. The monoisotopic (exact) mass is 491 g/mol. The fraction of sp³-hybridized carbons (Fsp3) is 0.429. The molecule has 0 atom stereocenters. The number of hydrogen-bond acceptors (Lipinski definition) is 4. The summed E-state index contributed by atoms with van der Waals surface area (Å²) in [5.41, 5.74) is 4.34. The van der Waals surface area contributed by atoms with Gasteiger partial charge in [0.1, 0.15) is 5.82 Å².